The van der Waals surface area contributed by atoms with Crippen LogP contribution in [0.4, 0.5) is 0 Å². The number of fused-ring (bicyclic) bond motifs is 1. The minimum absolute atomic E-state index is 0.00675. The molecule has 1 amide bonds. The highest BCUT2D eigenvalue weighted by Crippen LogP contribution is 2.37. The van der Waals surface area contributed by atoms with Crippen LogP contribution >= 0.6 is 0 Å². The quantitative estimate of drug-likeness (QED) is 0.448. The molecule has 1 aromatic heterocycles. The van der Waals surface area contributed by atoms with Crippen molar-refractivity contribution in [1.82, 2.24) is 9.47 Å². The molecule has 38 heavy (non-hydrogen) atoms. The van der Waals surface area contributed by atoms with Crippen molar-refractivity contribution >= 4 is 22.7 Å². The first-order chi connectivity index (χ1) is 18.4. The van der Waals surface area contributed by atoms with Gasteiger partial charge < -0.3 is 19.5 Å². The van der Waals surface area contributed by atoms with Crippen LogP contribution in [0.1, 0.15) is 72.9 Å². The first-order valence-corrected chi connectivity index (χ1v) is 13.5. The van der Waals surface area contributed by atoms with E-state index in [1.807, 2.05) is 72.8 Å². The molecule has 0 spiro atoms. The Morgan fingerprint density at radius 1 is 1.05 bits per heavy atom. The number of ether oxygens (including phenoxy) is 2. The lowest BCUT2D eigenvalue weighted by Crippen LogP contribution is -2.41. The number of para-hydroxylation sites is 1. The van der Waals surface area contributed by atoms with Gasteiger partial charge in [0, 0.05) is 43.9 Å². The van der Waals surface area contributed by atoms with Crippen LogP contribution in [-0.2, 0) is 27.5 Å². The molecule has 7 nitrogen and oxygen atoms in total. The monoisotopic (exact) mass is 516 g/mol. The van der Waals surface area contributed by atoms with Gasteiger partial charge in [-0.2, -0.15) is 0 Å². The van der Waals surface area contributed by atoms with Crippen molar-refractivity contribution < 1.29 is 24.2 Å². The number of nitrogens with zero attached hydrogens (tertiary/aromatic N) is 2. The number of hydrogen-bond donors (Lipinski definition) is 1. The van der Waals surface area contributed by atoms with E-state index in [2.05, 4.69) is 0 Å². The summed E-state index contributed by atoms with van der Waals surface area (Å²) in [6, 6.07) is 15.6. The minimum Gasteiger partial charge on any atom is -0.459 e. The summed E-state index contributed by atoms with van der Waals surface area (Å²) in [5.41, 5.74) is 3.62. The highest BCUT2D eigenvalue weighted by Gasteiger charge is 2.33. The van der Waals surface area contributed by atoms with Gasteiger partial charge in [0.1, 0.15) is 0 Å². The van der Waals surface area contributed by atoms with Crippen molar-refractivity contribution in [2.24, 2.45) is 0 Å². The maximum Gasteiger partial charge on any atom is 0.288 e. The number of benzene rings is 2. The third kappa shape index (κ3) is 5.54. The number of rotatable bonds is 7. The second kappa shape index (κ2) is 11.5. The van der Waals surface area contributed by atoms with Crippen LogP contribution in [0.15, 0.2) is 66.6 Å². The largest absolute Gasteiger partial charge is 0.459 e. The van der Waals surface area contributed by atoms with E-state index in [4.69, 9.17) is 9.47 Å². The average molecular weight is 517 g/mol. The maximum atomic E-state index is 13.6. The van der Waals surface area contributed by atoms with Gasteiger partial charge in [-0.15, -0.1) is 0 Å². The molecule has 2 heterocycles. The molecule has 3 aromatic rings. The van der Waals surface area contributed by atoms with Crippen molar-refractivity contribution in [2.75, 3.05) is 7.05 Å². The molecular weight excluding hydrogens is 480 g/mol. The maximum absolute atomic E-state index is 13.6. The summed E-state index contributed by atoms with van der Waals surface area (Å²) < 4.78 is 14.0. The van der Waals surface area contributed by atoms with Crippen LogP contribution in [0.2, 0.25) is 0 Å². The lowest BCUT2D eigenvalue weighted by Gasteiger charge is -2.34. The Kier molecular flexibility index (Phi) is 7.95. The normalized spacial score (nSPS) is 20.1. The molecule has 0 saturated heterocycles. The number of carbonyl (C=O) groups is 2. The van der Waals surface area contributed by atoms with Gasteiger partial charge in [0.2, 0.25) is 12.2 Å². The number of likely N-dealkylation sites (N-methyl/N-ethyl adjacent to an activating group) is 1. The van der Waals surface area contributed by atoms with Gasteiger partial charge in [-0.3, -0.25) is 14.2 Å². The standard InChI is InChI=1S/C31H36N2O5/c1-21(35)33-18-27(26-10-6-7-11-28(26)33)24-16-29(31(36)32(2)25-8-4-3-5-9-25)38-30(17-24)37-20-23-14-12-22(19-34)13-15-23/h6-7,10-16,18,24-25,30,34H,3-5,8-9,17,19-20H2,1-2H3/t24-,30+/m1/s1. The molecule has 2 aliphatic rings. The average Bonchev–Trinajstić information content (AvgIpc) is 3.36. The van der Waals surface area contributed by atoms with Crippen LogP contribution in [0.25, 0.3) is 10.9 Å². The van der Waals surface area contributed by atoms with E-state index in [1.54, 1.807) is 11.5 Å². The van der Waals surface area contributed by atoms with Gasteiger partial charge in [0.25, 0.3) is 5.91 Å². The Morgan fingerprint density at radius 2 is 1.76 bits per heavy atom. The molecule has 0 radical (unpaired) electrons. The molecule has 1 saturated carbocycles. The predicted octanol–water partition coefficient (Wildman–Crippen LogP) is 5.52. The molecule has 5 rings (SSSR count). The van der Waals surface area contributed by atoms with Crippen LogP contribution in [0.3, 0.4) is 0 Å². The Balaban J connectivity index is 1.44. The topological polar surface area (TPSA) is 81.0 Å². The predicted molar refractivity (Wildman–Crippen MR) is 145 cm³/mol. The summed E-state index contributed by atoms with van der Waals surface area (Å²) in [4.78, 5) is 27.8. The van der Waals surface area contributed by atoms with Crippen LogP contribution < -0.4 is 0 Å². The summed E-state index contributed by atoms with van der Waals surface area (Å²) in [5.74, 6) is -0.0434. The highest BCUT2D eigenvalue weighted by atomic mass is 16.7. The fourth-order valence-electron chi connectivity index (χ4n) is 5.63. The Labute approximate surface area is 223 Å². The first-order valence-electron chi connectivity index (χ1n) is 13.5. The zero-order valence-electron chi connectivity index (χ0n) is 22.1. The summed E-state index contributed by atoms with van der Waals surface area (Å²) in [6.07, 6.45) is 9.19. The summed E-state index contributed by atoms with van der Waals surface area (Å²) >= 11 is 0. The number of amides is 1. The highest BCUT2D eigenvalue weighted by molar-refractivity contribution is 5.95. The molecule has 7 heteroatoms. The molecule has 200 valence electrons. The second-order valence-electron chi connectivity index (χ2n) is 10.4. The van der Waals surface area contributed by atoms with E-state index in [-0.39, 0.29) is 30.4 Å². The molecule has 1 N–H and O–H groups in total. The molecule has 2 atom stereocenters. The van der Waals surface area contributed by atoms with Gasteiger partial charge >= 0.3 is 0 Å². The lowest BCUT2D eigenvalue weighted by atomic mass is 9.91. The molecule has 0 bridgehead atoms. The van der Waals surface area contributed by atoms with Crippen LogP contribution in [0, 0.1) is 0 Å². The van der Waals surface area contributed by atoms with E-state index in [0.717, 1.165) is 53.3 Å². The molecule has 2 aromatic carbocycles. The molecular formula is C31H36N2O5. The zero-order chi connectivity index (χ0) is 26.6. The van der Waals surface area contributed by atoms with Gasteiger partial charge in [-0.25, -0.2) is 0 Å². The first kappa shape index (κ1) is 26.2. The number of aliphatic hydroxyl groups excluding tert-OH is 1. The fraction of sp³-hybridized carbons (Fsp3) is 0.419. The molecule has 1 fully saturated rings. The summed E-state index contributed by atoms with van der Waals surface area (Å²) in [6.45, 7) is 1.86. The van der Waals surface area contributed by atoms with E-state index in [1.165, 1.54) is 6.42 Å². The van der Waals surface area contributed by atoms with Crippen molar-refractivity contribution in [1.29, 1.82) is 0 Å². The summed E-state index contributed by atoms with van der Waals surface area (Å²) in [5, 5.41) is 10.3. The number of aliphatic hydroxyl groups is 1. The minimum atomic E-state index is -0.624. The van der Waals surface area contributed by atoms with Gasteiger partial charge in [0.05, 0.1) is 18.7 Å². The Morgan fingerprint density at radius 3 is 2.47 bits per heavy atom. The van der Waals surface area contributed by atoms with Gasteiger partial charge in [0.15, 0.2) is 5.76 Å². The van der Waals surface area contributed by atoms with Crippen molar-refractivity contribution in [3.05, 3.63) is 83.3 Å². The van der Waals surface area contributed by atoms with Gasteiger partial charge in [-0.05, 0) is 41.7 Å². The number of allylic oxidation sites excluding steroid dienone is 1. The van der Waals surface area contributed by atoms with Crippen molar-refractivity contribution in [3.8, 4) is 0 Å². The number of hydrogen-bond acceptors (Lipinski definition) is 5. The molecule has 0 unspecified atom stereocenters. The fourth-order valence-corrected chi connectivity index (χ4v) is 5.63. The van der Waals surface area contributed by atoms with Crippen molar-refractivity contribution in [3.63, 3.8) is 0 Å². The van der Waals surface area contributed by atoms with E-state index >= 15 is 0 Å². The van der Waals surface area contributed by atoms with Crippen LogP contribution in [0.5, 0.6) is 0 Å². The third-order valence-electron chi connectivity index (χ3n) is 7.83. The number of carbonyl (C=O) groups excluding carboxylic acids is 2. The van der Waals surface area contributed by atoms with E-state index in [9.17, 15) is 14.7 Å². The second-order valence-corrected chi connectivity index (χ2v) is 10.4. The molecule has 1 aliphatic carbocycles. The SMILES string of the molecule is CC(=O)n1cc([C@@H]2C=C(C(=O)N(C)C3CCCCC3)O[C@H](OCc3ccc(CO)cc3)C2)c2ccccc21. The third-order valence-corrected chi connectivity index (χ3v) is 7.83. The van der Waals surface area contributed by atoms with Crippen molar-refractivity contribution in [2.45, 2.75) is 76.9 Å². The van der Waals surface area contributed by atoms with Crippen LogP contribution in [-0.4, -0.2) is 45.8 Å². The molecule has 1 aliphatic heterocycles. The summed E-state index contributed by atoms with van der Waals surface area (Å²) in [7, 11) is 1.87. The van der Waals surface area contributed by atoms with E-state index < -0.39 is 6.29 Å². The van der Waals surface area contributed by atoms with E-state index in [0.29, 0.717) is 18.8 Å². The Bertz CT molecular complexity index is 1320. The lowest BCUT2D eigenvalue weighted by molar-refractivity contribution is -0.156. The number of aromatic nitrogens is 1. The Hall–Kier alpha value is -3.42. The zero-order valence-corrected chi connectivity index (χ0v) is 22.1. The van der Waals surface area contributed by atoms with Gasteiger partial charge in [-0.1, -0.05) is 61.7 Å². The smallest absolute Gasteiger partial charge is 0.288 e.